The fourth-order valence-electron chi connectivity index (χ4n) is 3.71. The van der Waals surface area contributed by atoms with Crippen LogP contribution in [-0.2, 0) is 9.84 Å². The minimum Gasteiger partial charge on any atom is -0.308 e. The van der Waals surface area contributed by atoms with E-state index in [9.17, 15) is 17.6 Å². The Labute approximate surface area is 205 Å². The zero-order chi connectivity index (χ0) is 25.3. The molecule has 36 heavy (non-hydrogen) atoms. The lowest BCUT2D eigenvalue weighted by atomic mass is 10.0. The number of hydrogen-bond acceptors (Lipinski definition) is 6. The van der Waals surface area contributed by atoms with Crippen molar-refractivity contribution in [1.82, 2.24) is 20.2 Å². The number of aromatic amines is 1. The summed E-state index contributed by atoms with van der Waals surface area (Å²) < 4.78 is 38.4. The van der Waals surface area contributed by atoms with Crippen LogP contribution in [0, 0.1) is 5.82 Å². The van der Waals surface area contributed by atoms with Gasteiger partial charge in [0, 0.05) is 52.7 Å². The maximum Gasteiger partial charge on any atom is 0.323 e. The average molecular weight is 503 g/mol. The van der Waals surface area contributed by atoms with Gasteiger partial charge in [0.15, 0.2) is 15.5 Å². The van der Waals surface area contributed by atoms with Gasteiger partial charge >= 0.3 is 6.03 Å². The van der Waals surface area contributed by atoms with Crippen molar-refractivity contribution in [2.45, 2.75) is 4.90 Å². The lowest BCUT2D eigenvalue weighted by molar-refractivity contribution is 0.262. The summed E-state index contributed by atoms with van der Waals surface area (Å²) in [5, 5.41) is 13.0. The summed E-state index contributed by atoms with van der Waals surface area (Å²) in [7, 11) is -3.38. The zero-order valence-corrected chi connectivity index (χ0v) is 19.7. The van der Waals surface area contributed by atoms with Crippen molar-refractivity contribution in [2.75, 3.05) is 16.9 Å². The van der Waals surface area contributed by atoms with Gasteiger partial charge in [0.2, 0.25) is 0 Å². The third-order valence-electron chi connectivity index (χ3n) is 5.38. The van der Waals surface area contributed by atoms with Crippen LogP contribution in [-0.4, -0.2) is 40.9 Å². The van der Waals surface area contributed by atoms with Gasteiger partial charge in [-0.2, -0.15) is 5.10 Å². The topological polar surface area (TPSA) is 130 Å². The van der Waals surface area contributed by atoms with Gasteiger partial charge in [0.05, 0.1) is 4.90 Å². The number of sulfone groups is 1. The van der Waals surface area contributed by atoms with E-state index in [0.29, 0.717) is 39.1 Å². The number of benzene rings is 2. The van der Waals surface area contributed by atoms with Gasteiger partial charge in [0.1, 0.15) is 11.5 Å². The lowest BCUT2D eigenvalue weighted by Crippen LogP contribution is -2.19. The SMILES string of the molecule is CS(=O)(=O)c1cccc(-c2cnc3[nH]nc(-c4cc(F)cc(NC(=O)Nc5ccncc5)c4)c3c2)c1. The molecule has 0 aliphatic rings. The molecule has 2 aromatic carbocycles. The van der Waals surface area contributed by atoms with E-state index in [0.717, 1.165) is 6.26 Å². The Balaban J connectivity index is 1.49. The second kappa shape index (κ2) is 9.19. The van der Waals surface area contributed by atoms with E-state index < -0.39 is 21.7 Å². The molecule has 3 heterocycles. The first-order valence-electron chi connectivity index (χ1n) is 10.7. The van der Waals surface area contributed by atoms with Crippen LogP contribution >= 0.6 is 0 Å². The molecule has 0 spiro atoms. The number of halogens is 1. The van der Waals surface area contributed by atoms with Crippen LogP contribution in [0.4, 0.5) is 20.6 Å². The molecule has 11 heteroatoms. The highest BCUT2D eigenvalue weighted by Crippen LogP contribution is 2.32. The van der Waals surface area contributed by atoms with Gasteiger partial charge in [-0.05, 0) is 54.1 Å². The Hall–Kier alpha value is -4.64. The first-order chi connectivity index (χ1) is 17.3. The van der Waals surface area contributed by atoms with E-state index in [1.165, 1.54) is 30.6 Å². The molecule has 0 fully saturated rings. The fraction of sp³-hybridized carbons (Fsp3) is 0.0400. The molecule has 3 aromatic heterocycles. The number of fused-ring (bicyclic) bond motifs is 1. The summed E-state index contributed by atoms with van der Waals surface area (Å²) in [5.74, 6) is -0.562. The minimum absolute atomic E-state index is 0.193. The van der Waals surface area contributed by atoms with Crippen molar-refractivity contribution in [3.63, 3.8) is 0 Å². The zero-order valence-electron chi connectivity index (χ0n) is 18.9. The molecule has 2 amide bonds. The molecule has 5 rings (SSSR count). The molecule has 0 radical (unpaired) electrons. The number of anilines is 2. The summed E-state index contributed by atoms with van der Waals surface area (Å²) in [4.78, 5) is 20.8. The maximum absolute atomic E-state index is 14.5. The summed E-state index contributed by atoms with van der Waals surface area (Å²) in [5.41, 5.74) is 3.42. The number of nitrogens with zero attached hydrogens (tertiary/aromatic N) is 3. The molecule has 180 valence electrons. The quantitative estimate of drug-likeness (QED) is 0.314. The van der Waals surface area contributed by atoms with E-state index in [-0.39, 0.29) is 10.6 Å². The number of hydrogen-bond donors (Lipinski definition) is 3. The highest BCUT2D eigenvalue weighted by atomic mass is 32.2. The Morgan fingerprint density at radius 1 is 0.917 bits per heavy atom. The molecule has 9 nitrogen and oxygen atoms in total. The Kier molecular flexibility index (Phi) is 5.90. The van der Waals surface area contributed by atoms with Crippen LogP contribution in [0.3, 0.4) is 0 Å². The predicted molar refractivity (Wildman–Crippen MR) is 135 cm³/mol. The number of carbonyl (C=O) groups excluding carboxylic acids is 1. The standard InChI is InChI=1S/C25H19FN6O3S/c1-36(34,35)21-4-2-3-15(11-21)17-12-22-23(31-32-24(22)28-14-17)16-9-18(26)13-20(10-16)30-25(33)29-19-5-7-27-8-6-19/h2-14H,1H3,(H,28,31,32)(H2,27,29,30,33). The number of amides is 2. The Morgan fingerprint density at radius 3 is 2.47 bits per heavy atom. The first kappa shape index (κ1) is 23.1. The van der Waals surface area contributed by atoms with Crippen molar-refractivity contribution in [1.29, 1.82) is 0 Å². The molecule has 0 bridgehead atoms. The number of rotatable bonds is 5. The number of carbonyl (C=O) groups is 1. The third-order valence-corrected chi connectivity index (χ3v) is 6.49. The summed E-state index contributed by atoms with van der Waals surface area (Å²) in [6.45, 7) is 0. The molecule has 0 saturated heterocycles. The van der Waals surface area contributed by atoms with Crippen LogP contribution in [0.1, 0.15) is 0 Å². The molecule has 0 atom stereocenters. The molecule has 0 saturated carbocycles. The second-order valence-corrected chi connectivity index (χ2v) is 10.1. The van der Waals surface area contributed by atoms with E-state index >= 15 is 0 Å². The van der Waals surface area contributed by atoms with Gasteiger partial charge in [0.25, 0.3) is 0 Å². The normalized spacial score (nSPS) is 11.4. The molecular formula is C25H19FN6O3S. The lowest BCUT2D eigenvalue weighted by Gasteiger charge is -2.09. The molecule has 5 aromatic rings. The Bertz CT molecular complexity index is 1700. The van der Waals surface area contributed by atoms with E-state index in [4.69, 9.17) is 0 Å². The van der Waals surface area contributed by atoms with Crippen molar-refractivity contribution >= 4 is 38.3 Å². The number of nitrogens with one attached hydrogen (secondary N) is 3. The number of H-pyrrole nitrogens is 1. The van der Waals surface area contributed by atoms with Crippen molar-refractivity contribution < 1.29 is 17.6 Å². The van der Waals surface area contributed by atoms with Crippen LogP contribution in [0.2, 0.25) is 0 Å². The van der Waals surface area contributed by atoms with Crippen LogP contribution in [0.15, 0.2) is 84.1 Å². The monoisotopic (exact) mass is 502 g/mol. The minimum atomic E-state index is -3.38. The van der Waals surface area contributed by atoms with Crippen LogP contribution in [0.25, 0.3) is 33.4 Å². The molecular weight excluding hydrogens is 483 g/mol. The van der Waals surface area contributed by atoms with E-state index in [1.807, 2.05) is 0 Å². The molecule has 0 aliphatic heterocycles. The van der Waals surface area contributed by atoms with Crippen LogP contribution in [0.5, 0.6) is 0 Å². The van der Waals surface area contributed by atoms with Gasteiger partial charge in [-0.15, -0.1) is 0 Å². The van der Waals surface area contributed by atoms with Gasteiger partial charge in [-0.1, -0.05) is 12.1 Å². The number of aromatic nitrogens is 4. The van der Waals surface area contributed by atoms with Crippen molar-refractivity contribution in [3.05, 3.63) is 85.1 Å². The average Bonchev–Trinajstić information content (AvgIpc) is 3.27. The molecule has 0 aliphatic carbocycles. The largest absolute Gasteiger partial charge is 0.323 e. The fourth-order valence-corrected chi connectivity index (χ4v) is 4.38. The van der Waals surface area contributed by atoms with Gasteiger partial charge in [-0.25, -0.2) is 22.6 Å². The molecule has 0 unspecified atom stereocenters. The highest BCUT2D eigenvalue weighted by molar-refractivity contribution is 7.90. The van der Waals surface area contributed by atoms with Gasteiger partial charge < -0.3 is 10.6 Å². The maximum atomic E-state index is 14.5. The summed E-state index contributed by atoms with van der Waals surface area (Å²) >= 11 is 0. The molecule has 3 N–H and O–H groups in total. The smallest absolute Gasteiger partial charge is 0.308 e. The second-order valence-electron chi connectivity index (χ2n) is 8.04. The summed E-state index contributed by atoms with van der Waals surface area (Å²) in [6.07, 6.45) is 5.83. The highest BCUT2D eigenvalue weighted by Gasteiger charge is 2.15. The van der Waals surface area contributed by atoms with Crippen molar-refractivity contribution in [2.24, 2.45) is 0 Å². The van der Waals surface area contributed by atoms with Gasteiger partial charge in [-0.3, -0.25) is 10.1 Å². The van der Waals surface area contributed by atoms with Crippen molar-refractivity contribution in [3.8, 4) is 22.4 Å². The van der Waals surface area contributed by atoms with E-state index in [2.05, 4.69) is 30.8 Å². The van der Waals surface area contributed by atoms with Crippen LogP contribution < -0.4 is 10.6 Å². The Morgan fingerprint density at radius 2 is 1.69 bits per heavy atom. The summed E-state index contributed by atoms with van der Waals surface area (Å²) in [6, 6.07) is 15.2. The number of pyridine rings is 2. The van der Waals surface area contributed by atoms with E-state index in [1.54, 1.807) is 48.7 Å². The third kappa shape index (κ3) is 4.91. The number of urea groups is 1. The predicted octanol–water partition coefficient (Wildman–Crippen LogP) is 4.87. The first-order valence-corrected chi connectivity index (χ1v) is 12.6.